The second-order valence-electron chi connectivity index (χ2n) is 6.70. The van der Waals surface area contributed by atoms with Gasteiger partial charge in [-0.25, -0.2) is 0 Å². The summed E-state index contributed by atoms with van der Waals surface area (Å²) in [5.41, 5.74) is -0.177. The number of unbranched alkanes of at least 4 members (excludes halogenated alkanes) is 2. The maximum atomic E-state index is 11.7. The first-order valence-electron chi connectivity index (χ1n) is 7.81. The van der Waals surface area contributed by atoms with Crippen molar-refractivity contribution in [1.82, 2.24) is 10.6 Å². The van der Waals surface area contributed by atoms with E-state index in [-0.39, 0.29) is 5.41 Å². The third-order valence-electron chi connectivity index (χ3n) is 3.18. The Kier molecular flexibility index (Phi) is 10.2. The van der Waals surface area contributed by atoms with Crippen LogP contribution in [0, 0.1) is 5.41 Å². The third-order valence-corrected chi connectivity index (χ3v) is 3.18. The molecule has 0 atom stereocenters. The molecule has 19 heavy (non-hydrogen) atoms. The molecule has 0 aliphatic heterocycles. The van der Waals surface area contributed by atoms with Crippen molar-refractivity contribution in [3.05, 3.63) is 0 Å². The molecule has 2 N–H and O–H groups in total. The largest absolute Gasteiger partial charge is 0.317 e. The number of ketones is 1. The van der Waals surface area contributed by atoms with E-state index in [1.165, 1.54) is 19.3 Å². The Morgan fingerprint density at radius 1 is 0.947 bits per heavy atom. The summed E-state index contributed by atoms with van der Waals surface area (Å²) in [7, 11) is 0. The number of hydrogen-bond acceptors (Lipinski definition) is 3. The van der Waals surface area contributed by atoms with Crippen molar-refractivity contribution in [2.45, 2.75) is 72.8 Å². The van der Waals surface area contributed by atoms with Crippen LogP contribution in [0.4, 0.5) is 0 Å². The van der Waals surface area contributed by atoms with Gasteiger partial charge in [0.05, 0.1) is 0 Å². The average Bonchev–Trinajstić information content (AvgIpc) is 2.29. The summed E-state index contributed by atoms with van der Waals surface area (Å²) in [6.07, 6.45) is 5.42. The summed E-state index contributed by atoms with van der Waals surface area (Å²) in [6.45, 7) is 13.5. The molecule has 0 rings (SSSR count). The zero-order valence-electron chi connectivity index (χ0n) is 13.6. The van der Waals surface area contributed by atoms with E-state index in [1.54, 1.807) is 0 Å². The molecule has 114 valence electrons. The zero-order chi connectivity index (χ0) is 14.7. The summed E-state index contributed by atoms with van der Waals surface area (Å²) in [6, 6.07) is 0.596. The maximum absolute atomic E-state index is 11.7. The van der Waals surface area contributed by atoms with Crippen LogP contribution < -0.4 is 10.6 Å². The third kappa shape index (κ3) is 12.4. The van der Waals surface area contributed by atoms with Crippen molar-refractivity contribution in [3.8, 4) is 0 Å². The van der Waals surface area contributed by atoms with Crippen molar-refractivity contribution >= 4 is 5.78 Å². The van der Waals surface area contributed by atoms with E-state index in [2.05, 4.69) is 24.5 Å². The SMILES string of the molecule is CC(C)NCCCCCNCCCC(=O)C(C)(C)C. The molecular weight excluding hydrogens is 236 g/mol. The molecule has 0 fully saturated rings. The van der Waals surface area contributed by atoms with Gasteiger partial charge in [-0.15, -0.1) is 0 Å². The highest BCUT2D eigenvalue weighted by atomic mass is 16.1. The van der Waals surface area contributed by atoms with Gasteiger partial charge in [0.1, 0.15) is 5.78 Å². The molecule has 0 aromatic carbocycles. The molecule has 0 spiro atoms. The molecule has 0 saturated carbocycles. The van der Waals surface area contributed by atoms with Gasteiger partial charge < -0.3 is 10.6 Å². The lowest BCUT2D eigenvalue weighted by molar-refractivity contribution is -0.126. The smallest absolute Gasteiger partial charge is 0.138 e. The Balaban J connectivity index is 3.22. The first-order chi connectivity index (χ1) is 8.84. The predicted molar refractivity (Wildman–Crippen MR) is 83.6 cm³/mol. The topological polar surface area (TPSA) is 41.1 Å². The molecule has 0 aromatic rings. The Morgan fingerprint density at radius 2 is 1.53 bits per heavy atom. The van der Waals surface area contributed by atoms with E-state index in [0.717, 1.165) is 26.1 Å². The fourth-order valence-electron chi connectivity index (χ4n) is 1.82. The molecule has 0 saturated heterocycles. The molecule has 0 amide bonds. The fraction of sp³-hybridized carbons (Fsp3) is 0.938. The van der Waals surface area contributed by atoms with Crippen LogP contribution in [0.15, 0.2) is 0 Å². The second-order valence-corrected chi connectivity index (χ2v) is 6.70. The van der Waals surface area contributed by atoms with Gasteiger partial charge >= 0.3 is 0 Å². The van der Waals surface area contributed by atoms with Crippen LogP contribution in [0.3, 0.4) is 0 Å². The van der Waals surface area contributed by atoms with Crippen molar-refractivity contribution in [2.24, 2.45) is 5.41 Å². The predicted octanol–water partition coefficient (Wildman–Crippen LogP) is 3.14. The minimum absolute atomic E-state index is 0.177. The molecule has 0 aromatic heterocycles. The van der Waals surface area contributed by atoms with E-state index in [4.69, 9.17) is 0 Å². The Hall–Kier alpha value is -0.410. The van der Waals surface area contributed by atoms with Crippen molar-refractivity contribution in [1.29, 1.82) is 0 Å². The van der Waals surface area contributed by atoms with Gasteiger partial charge in [-0.2, -0.15) is 0 Å². The number of carbonyl (C=O) groups excluding carboxylic acids is 1. The minimum Gasteiger partial charge on any atom is -0.317 e. The lowest BCUT2D eigenvalue weighted by Crippen LogP contribution is -2.24. The van der Waals surface area contributed by atoms with Crippen LogP contribution in [0.5, 0.6) is 0 Å². The Morgan fingerprint density at radius 3 is 2.11 bits per heavy atom. The number of carbonyl (C=O) groups is 1. The van der Waals surface area contributed by atoms with E-state index in [0.29, 0.717) is 18.2 Å². The molecule has 0 aliphatic carbocycles. The van der Waals surface area contributed by atoms with Crippen LogP contribution in [0.25, 0.3) is 0 Å². The zero-order valence-corrected chi connectivity index (χ0v) is 13.6. The number of nitrogens with one attached hydrogen (secondary N) is 2. The second kappa shape index (κ2) is 10.4. The van der Waals surface area contributed by atoms with Gasteiger partial charge in [-0.1, -0.05) is 41.0 Å². The van der Waals surface area contributed by atoms with E-state index in [9.17, 15) is 4.79 Å². The van der Waals surface area contributed by atoms with E-state index < -0.39 is 0 Å². The highest BCUT2D eigenvalue weighted by Gasteiger charge is 2.19. The molecule has 3 heteroatoms. The van der Waals surface area contributed by atoms with Gasteiger partial charge in [0.15, 0.2) is 0 Å². The summed E-state index contributed by atoms with van der Waals surface area (Å²) in [4.78, 5) is 11.7. The fourth-order valence-corrected chi connectivity index (χ4v) is 1.82. The molecule has 3 nitrogen and oxygen atoms in total. The lowest BCUT2D eigenvalue weighted by atomic mass is 9.88. The molecule has 0 radical (unpaired) electrons. The molecule has 0 heterocycles. The number of Topliss-reactive ketones (excluding diaryl/α,β-unsaturated/α-hetero) is 1. The minimum atomic E-state index is -0.177. The van der Waals surface area contributed by atoms with Crippen LogP contribution >= 0.6 is 0 Å². The number of rotatable bonds is 11. The average molecular weight is 270 g/mol. The monoisotopic (exact) mass is 270 g/mol. The first-order valence-corrected chi connectivity index (χ1v) is 7.81. The van der Waals surface area contributed by atoms with Gasteiger partial charge in [0.2, 0.25) is 0 Å². The molecule has 0 unspecified atom stereocenters. The van der Waals surface area contributed by atoms with Gasteiger partial charge in [0.25, 0.3) is 0 Å². The quantitative estimate of drug-likeness (QED) is 0.567. The highest BCUT2D eigenvalue weighted by Crippen LogP contribution is 2.17. The normalized spacial score (nSPS) is 12.1. The van der Waals surface area contributed by atoms with Crippen molar-refractivity contribution < 1.29 is 4.79 Å². The Bertz CT molecular complexity index is 231. The van der Waals surface area contributed by atoms with E-state index >= 15 is 0 Å². The summed E-state index contributed by atoms with van der Waals surface area (Å²) < 4.78 is 0. The first kappa shape index (κ1) is 18.6. The summed E-state index contributed by atoms with van der Waals surface area (Å²) >= 11 is 0. The Labute approximate surface area is 119 Å². The van der Waals surface area contributed by atoms with E-state index in [1.807, 2.05) is 20.8 Å². The van der Waals surface area contributed by atoms with Crippen LogP contribution in [0.1, 0.15) is 66.7 Å². The van der Waals surface area contributed by atoms with Crippen LogP contribution in [0.2, 0.25) is 0 Å². The van der Waals surface area contributed by atoms with Gasteiger partial charge in [-0.05, 0) is 38.9 Å². The highest BCUT2D eigenvalue weighted by molar-refractivity contribution is 5.83. The lowest BCUT2D eigenvalue weighted by Gasteiger charge is -2.16. The summed E-state index contributed by atoms with van der Waals surface area (Å²) in [5.74, 6) is 0.369. The van der Waals surface area contributed by atoms with Crippen molar-refractivity contribution in [2.75, 3.05) is 19.6 Å². The van der Waals surface area contributed by atoms with Crippen molar-refractivity contribution in [3.63, 3.8) is 0 Å². The van der Waals surface area contributed by atoms with Gasteiger partial charge in [0, 0.05) is 17.9 Å². The molecule has 0 aliphatic rings. The number of hydrogen-bond donors (Lipinski definition) is 2. The standard InChI is InChI=1S/C16H34N2O/c1-14(2)18-13-8-6-7-11-17-12-9-10-15(19)16(3,4)5/h14,17-18H,6-13H2,1-5H3. The summed E-state index contributed by atoms with van der Waals surface area (Å²) in [5, 5.41) is 6.84. The molecular formula is C16H34N2O. The van der Waals surface area contributed by atoms with Gasteiger partial charge in [-0.3, -0.25) is 4.79 Å². The van der Waals surface area contributed by atoms with Crippen LogP contribution in [-0.2, 0) is 4.79 Å². The van der Waals surface area contributed by atoms with Crippen LogP contribution in [-0.4, -0.2) is 31.5 Å². The molecule has 0 bridgehead atoms. The maximum Gasteiger partial charge on any atom is 0.138 e.